The molecule has 0 amide bonds. The van der Waals surface area contributed by atoms with Gasteiger partial charge in [0.2, 0.25) is 6.79 Å². The van der Waals surface area contributed by atoms with Crippen LogP contribution in [0.3, 0.4) is 0 Å². The van der Waals surface area contributed by atoms with Crippen LogP contribution in [0, 0.1) is 0 Å². The number of nitrogens with one attached hydrogen (secondary N) is 1. The van der Waals surface area contributed by atoms with Crippen molar-refractivity contribution < 1.29 is 9.47 Å². The van der Waals surface area contributed by atoms with Gasteiger partial charge in [-0.1, -0.05) is 0 Å². The Morgan fingerprint density at radius 3 is 2.85 bits per heavy atom. The zero-order valence-electron chi connectivity index (χ0n) is 7.20. The molecule has 1 aromatic carbocycles. The van der Waals surface area contributed by atoms with Crippen molar-refractivity contribution in [1.29, 1.82) is 0 Å². The van der Waals surface area contributed by atoms with Crippen LogP contribution < -0.4 is 9.47 Å². The first-order valence-electron chi connectivity index (χ1n) is 3.66. The van der Waals surface area contributed by atoms with E-state index in [-0.39, 0.29) is 29.6 Å². The molecule has 1 aromatic heterocycles. The summed E-state index contributed by atoms with van der Waals surface area (Å²) >= 11 is 0. The number of aromatic amines is 1. The van der Waals surface area contributed by atoms with Crippen LogP contribution in [0.2, 0.25) is 0 Å². The van der Waals surface area contributed by atoms with Crippen LogP contribution >= 0.6 is 0 Å². The standard InChI is InChI=1S/C8H6N2O2.Na/c1-5-6(10-3-9-5)2-8-7(1)11-4-12-8;/h1-3H,4H2,(H,9,10);. The SMILES string of the molecule is [Na].c1nc2cc3c(cc2[nH]1)OCO3. The fourth-order valence-corrected chi connectivity index (χ4v) is 1.33. The monoisotopic (exact) mass is 185 g/mol. The molecule has 13 heavy (non-hydrogen) atoms. The van der Waals surface area contributed by atoms with E-state index < -0.39 is 0 Å². The molecule has 2 heterocycles. The molecule has 0 saturated carbocycles. The summed E-state index contributed by atoms with van der Waals surface area (Å²) in [6, 6.07) is 3.76. The van der Waals surface area contributed by atoms with E-state index in [2.05, 4.69) is 9.97 Å². The quantitative estimate of drug-likeness (QED) is 0.620. The molecule has 0 fully saturated rings. The average Bonchev–Trinajstić information content (AvgIpc) is 2.64. The summed E-state index contributed by atoms with van der Waals surface area (Å²) in [5.41, 5.74) is 1.87. The first-order chi connectivity index (χ1) is 5.93. The number of aromatic nitrogens is 2. The van der Waals surface area contributed by atoms with Crippen LogP contribution in [0.15, 0.2) is 18.5 Å². The summed E-state index contributed by atoms with van der Waals surface area (Å²) in [5.74, 6) is 1.56. The van der Waals surface area contributed by atoms with E-state index in [1.807, 2.05) is 12.1 Å². The van der Waals surface area contributed by atoms with E-state index in [1.54, 1.807) is 6.33 Å². The molecule has 0 saturated heterocycles. The number of fused-ring (bicyclic) bond motifs is 2. The van der Waals surface area contributed by atoms with Crippen molar-refractivity contribution in [1.82, 2.24) is 9.97 Å². The zero-order chi connectivity index (χ0) is 7.97. The van der Waals surface area contributed by atoms with Crippen molar-refractivity contribution in [3.8, 4) is 11.5 Å². The molecule has 4 nitrogen and oxygen atoms in total. The molecule has 61 valence electrons. The zero-order valence-corrected chi connectivity index (χ0v) is 9.20. The maximum atomic E-state index is 5.21. The number of imidazole rings is 1. The van der Waals surface area contributed by atoms with Gasteiger partial charge in [-0.25, -0.2) is 4.98 Å². The van der Waals surface area contributed by atoms with E-state index in [9.17, 15) is 0 Å². The van der Waals surface area contributed by atoms with Crippen molar-refractivity contribution in [3.63, 3.8) is 0 Å². The second-order valence-electron chi connectivity index (χ2n) is 2.63. The molecule has 1 radical (unpaired) electrons. The van der Waals surface area contributed by atoms with Crippen molar-refractivity contribution >= 4 is 40.6 Å². The minimum Gasteiger partial charge on any atom is -0.454 e. The molecular weight excluding hydrogens is 179 g/mol. The summed E-state index contributed by atoms with van der Waals surface area (Å²) in [6.07, 6.45) is 1.65. The van der Waals surface area contributed by atoms with E-state index in [0.29, 0.717) is 6.79 Å². The predicted octanol–water partition coefficient (Wildman–Crippen LogP) is 0.911. The summed E-state index contributed by atoms with van der Waals surface area (Å²) < 4.78 is 10.4. The van der Waals surface area contributed by atoms with Crippen LogP contribution in [-0.2, 0) is 0 Å². The third-order valence-electron chi connectivity index (χ3n) is 1.91. The normalized spacial score (nSPS) is 12.9. The Bertz CT molecular complexity index is 403. The minimum atomic E-state index is 0. The Balaban J connectivity index is 0.000000653. The largest absolute Gasteiger partial charge is 0.454 e. The Kier molecular flexibility index (Phi) is 2.19. The van der Waals surface area contributed by atoms with Gasteiger partial charge in [0, 0.05) is 41.7 Å². The Hall–Kier alpha value is -0.710. The fraction of sp³-hybridized carbons (Fsp3) is 0.125. The summed E-state index contributed by atoms with van der Waals surface area (Å²) in [5, 5.41) is 0. The molecule has 1 aliphatic rings. The Labute approximate surface area is 96.5 Å². The Morgan fingerprint density at radius 1 is 1.23 bits per heavy atom. The fourth-order valence-electron chi connectivity index (χ4n) is 1.33. The summed E-state index contributed by atoms with van der Waals surface area (Å²) in [4.78, 5) is 7.11. The van der Waals surface area contributed by atoms with Gasteiger partial charge < -0.3 is 14.5 Å². The predicted molar refractivity (Wildman–Crippen MR) is 48.0 cm³/mol. The molecule has 0 atom stereocenters. The number of ether oxygens (including phenoxy) is 2. The third-order valence-corrected chi connectivity index (χ3v) is 1.91. The van der Waals surface area contributed by atoms with Crippen molar-refractivity contribution in [3.05, 3.63) is 18.5 Å². The molecule has 0 bridgehead atoms. The van der Waals surface area contributed by atoms with E-state index >= 15 is 0 Å². The number of hydrogen-bond donors (Lipinski definition) is 1. The summed E-state index contributed by atoms with van der Waals surface area (Å²) in [6.45, 7) is 0.307. The van der Waals surface area contributed by atoms with Gasteiger partial charge in [-0.2, -0.15) is 0 Å². The van der Waals surface area contributed by atoms with Gasteiger partial charge >= 0.3 is 0 Å². The van der Waals surface area contributed by atoms with Gasteiger partial charge in [0.05, 0.1) is 17.4 Å². The molecule has 5 heteroatoms. The van der Waals surface area contributed by atoms with Gasteiger partial charge in [-0.15, -0.1) is 0 Å². The van der Waals surface area contributed by atoms with E-state index in [0.717, 1.165) is 22.5 Å². The van der Waals surface area contributed by atoms with Crippen LogP contribution in [-0.4, -0.2) is 46.3 Å². The molecule has 1 N–H and O–H groups in total. The smallest absolute Gasteiger partial charge is 0.231 e. The third kappa shape index (κ3) is 1.31. The number of hydrogen-bond acceptors (Lipinski definition) is 3. The topological polar surface area (TPSA) is 47.1 Å². The summed E-state index contributed by atoms with van der Waals surface area (Å²) in [7, 11) is 0. The molecule has 0 aliphatic carbocycles. The maximum Gasteiger partial charge on any atom is 0.231 e. The van der Waals surface area contributed by atoms with E-state index in [1.165, 1.54) is 0 Å². The first kappa shape index (κ1) is 8.87. The Morgan fingerprint density at radius 2 is 2.00 bits per heavy atom. The second-order valence-corrected chi connectivity index (χ2v) is 2.63. The van der Waals surface area contributed by atoms with Crippen molar-refractivity contribution in [2.45, 2.75) is 0 Å². The van der Waals surface area contributed by atoms with Crippen molar-refractivity contribution in [2.75, 3.05) is 6.79 Å². The number of benzene rings is 1. The van der Waals surface area contributed by atoms with Gasteiger partial charge in [-0.3, -0.25) is 0 Å². The van der Waals surface area contributed by atoms with Crippen LogP contribution in [0.5, 0.6) is 11.5 Å². The molecule has 2 aromatic rings. The molecule has 3 rings (SSSR count). The van der Waals surface area contributed by atoms with Crippen LogP contribution in [0.25, 0.3) is 11.0 Å². The van der Waals surface area contributed by atoms with Gasteiger partial charge in [0.15, 0.2) is 11.5 Å². The number of nitrogens with zero attached hydrogens (tertiary/aromatic N) is 1. The average molecular weight is 185 g/mol. The van der Waals surface area contributed by atoms with Crippen molar-refractivity contribution in [2.24, 2.45) is 0 Å². The molecular formula is C8H6N2NaO2. The van der Waals surface area contributed by atoms with Gasteiger partial charge in [-0.05, 0) is 0 Å². The molecule has 0 spiro atoms. The van der Waals surface area contributed by atoms with Crippen LogP contribution in [0.1, 0.15) is 0 Å². The minimum absolute atomic E-state index is 0. The van der Waals surface area contributed by atoms with E-state index in [4.69, 9.17) is 9.47 Å². The maximum absolute atomic E-state index is 5.21. The molecule has 1 aliphatic heterocycles. The first-order valence-corrected chi connectivity index (χ1v) is 3.66. The van der Waals surface area contributed by atoms with Gasteiger partial charge in [0.1, 0.15) is 0 Å². The van der Waals surface area contributed by atoms with Gasteiger partial charge in [0.25, 0.3) is 0 Å². The number of rotatable bonds is 0. The number of H-pyrrole nitrogens is 1. The van der Waals surface area contributed by atoms with Crippen LogP contribution in [0.4, 0.5) is 0 Å². The second kappa shape index (κ2) is 3.21. The molecule has 0 unspecified atom stereocenters.